The molecular weight excluding hydrogens is 252 g/mol. The number of carbonyl (C=O) groups is 1. The number of amides is 1. The zero-order chi connectivity index (χ0) is 14.1. The molecule has 0 bridgehead atoms. The number of rotatable bonds is 2. The third-order valence-corrected chi connectivity index (χ3v) is 3.12. The van der Waals surface area contributed by atoms with E-state index in [1.54, 1.807) is 42.3 Å². The topological polar surface area (TPSA) is 51.0 Å². The number of fused-ring (bicyclic) bond motifs is 1. The van der Waals surface area contributed by atoms with Crippen molar-refractivity contribution in [1.82, 2.24) is 19.7 Å². The van der Waals surface area contributed by atoms with Crippen LogP contribution in [-0.2, 0) is 0 Å². The molecule has 0 N–H and O–H groups in total. The monoisotopic (exact) mass is 266 g/mol. The highest BCUT2D eigenvalue weighted by Gasteiger charge is 2.16. The van der Waals surface area contributed by atoms with Crippen LogP contribution in [0.2, 0.25) is 0 Å². The Morgan fingerprint density at radius 3 is 2.70 bits per heavy atom. The average Bonchev–Trinajstić information content (AvgIpc) is 2.91. The Kier molecular flexibility index (Phi) is 2.95. The van der Waals surface area contributed by atoms with Crippen LogP contribution in [-0.4, -0.2) is 39.7 Å². The second kappa shape index (κ2) is 4.77. The Hall–Kier alpha value is -2.69. The first-order chi connectivity index (χ1) is 9.68. The molecule has 2 heterocycles. The molecule has 0 spiro atoms. The molecule has 0 aliphatic rings. The molecule has 0 atom stereocenters. The third-order valence-electron chi connectivity index (χ3n) is 3.12. The Labute approximate surface area is 116 Å². The van der Waals surface area contributed by atoms with E-state index in [1.165, 1.54) is 0 Å². The van der Waals surface area contributed by atoms with Gasteiger partial charge in [-0.3, -0.25) is 9.78 Å². The van der Waals surface area contributed by atoms with Gasteiger partial charge in [0.25, 0.3) is 5.91 Å². The van der Waals surface area contributed by atoms with Crippen LogP contribution in [0.15, 0.2) is 48.9 Å². The number of aromatic nitrogens is 3. The van der Waals surface area contributed by atoms with Gasteiger partial charge in [-0.05, 0) is 18.2 Å². The smallest absolute Gasteiger partial charge is 0.255 e. The quantitative estimate of drug-likeness (QED) is 0.714. The van der Waals surface area contributed by atoms with Crippen LogP contribution in [0.3, 0.4) is 0 Å². The highest BCUT2D eigenvalue weighted by molar-refractivity contribution is 6.05. The molecule has 0 unspecified atom stereocenters. The van der Waals surface area contributed by atoms with Crippen molar-refractivity contribution in [3.05, 3.63) is 54.5 Å². The predicted molar refractivity (Wildman–Crippen MR) is 76.9 cm³/mol. The molecular formula is C15H14N4O. The molecule has 5 nitrogen and oxygen atoms in total. The van der Waals surface area contributed by atoms with Crippen molar-refractivity contribution < 1.29 is 4.79 Å². The van der Waals surface area contributed by atoms with E-state index < -0.39 is 0 Å². The van der Waals surface area contributed by atoms with Crippen molar-refractivity contribution in [1.29, 1.82) is 0 Å². The molecule has 1 amide bonds. The van der Waals surface area contributed by atoms with Gasteiger partial charge < -0.3 is 4.90 Å². The highest BCUT2D eigenvalue weighted by Crippen LogP contribution is 2.22. The molecule has 0 aliphatic carbocycles. The molecule has 100 valence electrons. The van der Waals surface area contributed by atoms with Crippen molar-refractivity contribution in [3.63, 3.8) is 0 Å². The maximum Gasteiger partial charge on any atom is 0.255 e. The van der Waals surface area contributed by atoms with Crippen molar-refractivity contribution in [2.75, 3.05) is 14.1 Å². The van der Waals surface area contributed by atoms with E-state index >= 15 is 0 Å². The molecule has 0 saturated heterocycles. The molecule has 20 heavy (non-hydrogen) atoms. The first-order valence-electron chi connectivity index (χ1n) is 6.27. The van der Waals surface area contributed by atoms with Gasteiger partial charge in [0.2, 0.25) is 0 Å². The van der Waals surface area contributed by atoms with Gasteiger partial charge in [0, 0.05) is 25.7 Å². The van der Waals surface area contributed by atoms with E-state index in [4.69, 9.17) is 0 Å². The van der Waals surface area contributed by atoms with Gasteiger partial charge in [-0.2, -0.15) is 5.10 Å². The minimum Gasteiger partial charge on any atom is -0.345 e. The van der Waals surface area contributed by atoms with Gasteiger partial charge in [-0.1, -0.05) is 12.1 Å². The summed E-state index contributed by atoms with van der Waals surface area (Å²) in [4.78, 5) is 18.0. The van der Waals surface area contributed by atoms with Gasteiger partial charge in [0.1, 0.15) is 0 Å². The van der Waals surface area contributed by atoms with Crippen LogP contribution in [0.4, 0.5) is 0 Å². The molecule has 3 rings (SSSR count). The van der Waals surface area contributed by atoms with Gasteiger partial charge in [-0.15, -0.1) is 0 Å². The Balaban J connectivity index is 2.28. The lowest BCUT2D eigenvalue weighted by Crippen LogP contribution is -2.22. The minimum absolute atomic E-state index is 0.0405. The summed E-state index contributed by atoms with van der Waals surface area (Å²) in [6.45, 7) is 0. The molecule has 1 aromatic carbocycles. The molecule has 2 aromatic heterocycles. The second-order valence-corrected chi connectivity index (χ2v) is 4.71. The van der Waals surface area contributed by atoms with Gasteiger partial charge in [-0.25, -0.2) is 4.68 Å². The zero-order valence-corrected chi connectivity index (χ0v) is 11.3. The maximum absolute atomic E-state index is 12.3. The predicted octanol–water partition coefficient (Wildman–Crippen LogP) is 2.12. The zero-order valence-electron chi connectivity index (χ0n) is 11.3. The minimum atomic E-state index is -0.0405. The van der Waals surface area contributed by atoms with Crippen molar-refractivity contribution in [2.24, 2.45) is 0 Å². The Morgan fingerprint density at radius 2 is 2.00 bits per heavy atom. The van der Waals surface area contributed by atoms with Crippen LogP contribution in [0.1, 0.15) is 10.4 Å². The van der Waals surface area contributed by atoms with Gasteiger partial charge in [0.15, 0.2) is 0 Å². The Bertz CT molecular complexity index is 762. The summed E-state index contributed by atoms with van der Waals surface area (Å²) in [6, 6.07) is 9.39. The molecule has 0 saturated carbocycles. The number of pyridine rings is 1. The number of hydrogen-bond acceptors (Lipinski definition) is 3. The number of nitrogens with zero attached hydrogens (tertiary/aromatic N) is 4. The first-order valence-corrected chi connectivity index (χ1v) is 6.27. The van der Waals surface area contributed by atoms with Crippen molar-refractivity contribution in [2.45, 2.75) is 0 Å². The summed E-state index contributed by atoms with van der Waals surface area (Å²) in [5, 5.41) is 5.31. The molecule has 0 radical (unpaired) electrons. The number of carbonyl (C=O) groups excluding carboxylic acids is 1. The average molecular weight is 266 g/mol. The number of benzene rings is 1. The summed E-state index contributed by atoms with van der Waals surface area (Å²) >= 11 is 0. The van der Waals surface area contributed by atoms with Gasteiger partial charge >= 0.3 is 0 Å². The van der Waals surface area contributed by atoms with Crippen LogP contribution >= 0.6 is 0 Å². The lowest BCUT2D eigenvalue weighted by atomic mass is 10.1. The summed E-state index contributed by atoms with van der Waals surface area (Å²) in [5.74, 6) is -0.0405. The normalized spacial score (nSPS) is 10.7. The fourth-order valence-electron chi connectivity index (χ4n) is 2.17. The highest BCUT2D eigenvalue weighted by atomic mass is 16.2. The van der Waals surface area contributed by atoms with E-state index in [1.807, 2.05) is 30.3 Å². The summed E-state index contributed by atoms with van der Waals surface area (Å²) in [5.41, 5.74) is 2.27. The van der Waals surface area contributed by atoms with Crippen molar-refractivity contribution in [3.8, 4) is 5.69 Å². The third kappa shape index (κ3) is 1.93. The van der Waals surface area contributed by atoms with E-state index in [0.29, 0.717) is 5.56 Å². The Morgan fingerprint density at radius 1 is 1.15 bits per heavy atom. The lowest BCUT2D eigenvalue weighted by molar-refractivity contribution is 0.0829. The van der Waals surface area contributed by atoms with Crippen LogP contribution in [0, 0.1) is 0 Å². The summed E-state index contributed by atoms with van der Waals surface area (Å²) < 4.78 is 1.75. The summed E-state index contributed by atoms with van der Waals surface area (Å²) in [6.07, 6.45) is 5.19. The maximum atomic E-state index is 12.3. The standard InChI is InChI=1S/C15H14N4O/c1-18(2)15(20)13-7-3-5-11-9-17-19(14(11)13)12-6-4-8-16-10-12/h3-10H,1-2H3. The van der Waals surface area contributed by atoms with Crippen molar-refractivity contribution >= 4 is 16.8 Å². The summed E-state index contributed by atoms with van der Waals surface area (Å²) in [7, 11) is 3.48. The largest absolute Gasteiger partial charge is 0.345 e. The van der Waals surface area contributed by atoms with Crippen LogP contribution < -0.4 is 0 Å². The molecule has 5 heteroatoms. The molecule has 0 aliphatic heterocycles. The molecule has 0 fully saturated rings. The van der Waals surface area contributed by atoms with E-state index in [9.17, 15) is 4.79 Å². The molecule has 3 aromatic rings. The fraction of sp³-hybridized carbons (Fsp3) is 0.133. The lowest BCUT2D eigenvalue weighted by Gasteiger charge is -2.12. The van der Waals surface area contributed by atoms with Crippen LogP contribution in [0.5, 0.6) is 0 Å². The number of para-hydroxylation sites is 1. The van der Waals surface area contributed by atoms with E-state index in [2.05, 4.69) is 10.1 Å². The fourth-order valence-corrected chi connectivity index (χ4v) is 2.17. The first kappa shape index (κ1) is 12.3. The second-order valence-electron chi connectivity index (χ2n) is 4.71. The van der Waals surface area contributed by atoms with Crippen LogP contribution in [0.25, 0.3) is 16.6 Å². The van der Waals surface area contributed by atoms with E-state index in [-0.39, 0.29) is 5.91 Å². The van der Waals surface area contributed by atoms with Gasteiger partial charge in [0.05, 0.1) is 29.2 Å². The van der Waals surface area contributed by atoms with E-state index in [0.717, 1.165) is 16.6 Å². The SMILES string of the molecule is CN(C)C(=O)c1cccc2cnn(-c3cccnc3)c12. The number of hydrogen-bond donors (Lipinski definition) is 0.